The molecule has 0 saturated carbocycles. The Kier molecular flexibility index (Phi) is 4.73. The van der Waals surface area contributed by atoms with Crippen molar-refractivity contribution in [3.8, 4) is 11.8 Å². The van der Waals surface area contributed by atoms with E-state index in [1.807, 2.05) is 31.2 Å². The van der Waals surface area contributed by atoms with Gasteiger partial charge >= 0.3 is 0 Å². The molecule has 0 radical (unpaired) electrons. The molecule has 2 aromatic carbocycles. The van der Waals surface area contributed by atoms with Gasteiger partial charge in [0.25, 0.3) is 0 Å². The molecule has 2 nitrogen and oxygen atoms in total. The van der Waals surface area contributed by atoms with Gasteiger partial charge in [0.1, 0.15) is 11.6 Å². The van der Waals surface area contributed by atoms with Crippen molar-refractivity contribution in [1.29, 1.82) is 5.26 Å². The summed E-state index contributed by atoms with van der Waals surface area (Å²) >= 11 is 0. The summed E-state index contributed by atoms with van der Waals surface area (Å²) in [5.74, 6) is 0.268. The molecule has 0 fully saturated rings. The molecular weight excluding hydrogens is 253 g/mol. The van der Waals surface area contributed by atoms with Gasteiger partial charge in [-0.2, -0.15) is 5.26 Å². The molecule has 1 atom stereocenters. The Morgan fingerprint density at radius 1 is 1.15 bits per heavy atom. The summed E-state index contributed by atoms with van der Waals surface area (Å²) in [5, 5.41) is 9.20. The Balaban J connectivity index is 1.94. The van der Waals surface area contributed by atoms with Crippen molar-refractivity contribution < 1.29 is 9.13 Å². The van der Waals surface area contributed by atoms with E-state index in [1.165, 1.54) is 12.1 Å². The normalized spacial score (nSPS) is 11.7. The van der Waals surface area contributed by atoms with Crippen LogP contribution in [0.25, 0.3) is 0 Å². The monoisotopic (exact) mass is 269 g/mol. The fraction of sp³-hybridized carbons (Fsp3) is 0.235. The van der Waals surface area contributed by atoms with Crippen LogP contribution in [0.2, 0.25) is 0 Å². The van der Waals surface area contributed by atoms with Crippen molar-refractivity contribution >= 4 is 0 Å². The maximum absolute atomic E-state index is 12.9. The van der Waals surface area contributed by atoms with E-state index in [-0.39, 0.29) is 11.7 Å². The molecule has 0 aliphatic heterocycles. The number of aryl methyl sites for hydroxylation is 1. The molecule has 0 amide bonds. The number of hydrogen-bond acceptors (Lipinski definition) is 2. The summed E-state index contributed by atoms with van der Waals surface area (Å²) in [6.45, 7) is 2.44. The second kappa shape index (κ2) is 6.72. The van der Waals surface area contributed by atoms with Crippen LogP contribution < -0.4 is 4.74 Å². The number of halogens is 1. The maximum atomic E-state index is 12.9. The van der Waals surface area contributed by atoms with Gasteiger partial charge in [-0.15, -0.1) is 0 Å². The molecule has 2 rings (SSSR count). The van der Waals surface area contributed by atoms with Crippen LogP contribution in [0.3, 0.4) is 0 Å². The van der Waals surface area contributed by atoms with E-state index in [1.54, 1.807) is 12.1 Å². The Labute approximate surface area is 118 Å². The number of hydrogen-bond donors (Lipinski definition) is 0. The number of ether oxygens (including phenoxy) is 1. The highest BCUT2D eigenvalue weighted by Gasteiger charge is 2.11. The SMILES string of the molecule is Cc1ccccc1OCCC(C#N)c1ccc(F)cc1. The largest absolute Gasteiger partial charge is 0.493 e. The summed E-state index contributed by atoms with van der Waals surface area (Å²) in [6.07, 6.45) is 0.580. The van der Waals surface area contributed by atoms with Crippen LogP contribution in [-0.4, -0.2) is 6.61 Å². The van der Waals surface area contributed by atoms with E-state index in [9.17, 15) is 9.65 Å². The second-order valence-corrected chi connectivity index (χ2v) is 4.64. The summed E-state index contributed by atoms with van der Waals surface area (Å²) in [5.41, 5.74) is 1.89. The highest BCUT2D eigenvalue weighted by Crippen LogP contribution is 2.21. The Bertz CT molecular complexity index is 601. The zero-order valence-electron chi connectivity index (χ0n) is 11.3. The third kappa shape index (κ3) is 3.58. The lowest BCUT2D eigenvalue weighted by molar-refractivity contribution is 0.304. The fourth-order valence-electron chi connectivity index (χ4n) is 2.01. The van der Waals surface area contributed by atoms with E-state index >= 15 is 0 Å². The molecule has 102 valence electrons. The van der Waals surface area contributed by atoms with Crippen molar-refractivity contribution in [1.82, 2.24) is 0 Å². The van der Waals surface area contributed by atoms with Crippen LogP contribution in [0.1, 0.15) is 23.5 Å². The third-order valence-electron chi connectivity index (χ3n) is 3.19. The van der Waals surface area contributed by atoms with Gasteiger partial charge in [0.05, 0.1) is 18.6 Å². The zero-order valence-corrected chi connectivity index (χ0v) is 11.3. The fourth-order valence-corrected chi connectivity index (χ4v) is 2.01. The first-order valence-electron chi connectivity index (χ1n) is 6.54. The van der Waals surface area contributed by atoms with Gasteiger partial charge in [-0.25, -0.2) is 4.39 Å². The van der Waals surface area contributed by atoms with E-state index < -0.39 is 0 Å². The molecule has 2 aromatic rings. The van der Waals surface area contributed by atoms with E-state index in [4.69, 9.17) is 4.74 Å². The predicted octanol–water partition coefficient (Wildman–Crippen LogP) is 4.21. The second-order valence-electron chi connectivity index (χ2n) is 4.64. The number of para-hydroxylation sites is 1. The average Bonchev–Trinajstić information content (AvgIpc) is 2.47. The molecule has 0 spiro atoms. The van der Waals surface area contributed by atoms with Crippen molar-refractivity contribution in [2.75, 3.05) is 6.61 Å². The summed E-state index contributed by atoms with van der Waals surface area (Å²) in [7, 11) is 0. The van der Waals surface area contributed by atoms with Gasteiger partial charge < -0.3 is 4.74 Å². The van der Waals surface area contributed by atoms with E-state index in [2.05, 4.69) is 6.07 Å². The first kappa shape index (κ1) is 14.1. The van der Waals surface area contributed by atoms with Crippen LogP contribution in [0.4, 0.5) is 4.39 Å². The molecule has 1 unspecified atom stereocenters. The summed E-state index contributed by atoms with van der Waals surface area (Å²) in [4.78, 5) is 0. The Hall–Kier alpha value is -2.34. The van der Waals surface area contributed by atoms with Gasteiger partial charge in [-0.3, -0.25) is 0 Å². The number of rotatable bonds is 5. The Morgan fingerprint density at radius 2 is 1.85 bits per heavy atom. The molecule has 0 aromatic heterocycles. The van der Waals surface area contributed by atoms with Gasteiger partial charge in [0, 0.05) is 6.42 Å². The van der Waals surface area contributed by atoms with Crippen LogP contribution in [0, 0.1) is 24.1 Å². The standard InChI is InChI=1S/C17H16FNO/c1-13-4-2-3-5-17(13)20-11-10-15(12-19)14-6-8-16(18)9-7-14/h2-9,15H,10-11H2,1H3. The summed E-state index contributed by atoms with van der Waals surface area (Å²) in [6, 6.07) is 16.1. The van der Waals surface area contributed by atoms with Crippen LogP contribution in [-0.2, 0) is 0 Å². The predicted molar refractivity (Wildman–Crippen MR) is 76.0 cm³/mol. The van der Waals surface area contributed by atoms with Gasteiger partial charge in [-0.05, 0) is 36.2 Å². The number of benzene rings is 2. The van der Waals surface area contributed by atoms with Gasteiger partial charge in [0.15, 0.2) is 0 Å². The minimum Gasteiger partial charge on any atom is -0.493 e. The smallest absolute Gasteiger partial charge is 0.123 e. The lowest BCUT2D eigenvalue weighted by Crippen LogP contribution is -2.05. The van der Waals surface area contributed by atoms with Crippen molar-refractivity contribution in [3.05, 3.63) is 65.5 Å². The minimum atomic E-state index is -0.290. The molecular formula is C17H16FNO. The summed E-state index contributed by atoms with van der Waals surface area (Å²) < 4.78 is 18.6. The Morgan fingerprint density at radius 3 is 2.50 bits per heavy atom. The quantitative estimate of drug-likeness (QED) is 0.814. The topological polar surface area (TPSA) is 33.0 Å². The first-order chi connectivity index (χ1) is 9.70. The molecule has 3 heteroatoms. The molecule has 20 heavy (non-hydrogen) atoms. The van der Waals surface area contributed by atoms with Crippen LogP contribution in [0.15, 0.2) is 48.5 Å². The van der Waals surface area contributed by atoms with Crippen molar-refractivity contribution in [3.63, 3.8) is 0 Å². The molecule has 0 aliphatic carbocycles. The number of nitrogens with zero attached hydrogens (tertiary/aromatic N) is 1. The molecule has 0 bridgehead atoms. The van der Waals surface area contributed by atoms with Gasteiger partial charge in [-0.1, -0.05) is 30.3 Å². The lowest BCUT2D eigenvalue weighted by Gasteiger charge is -2.12. The third-order valence-corrected chi connectivity index (χ3v) is 3.19. The molecule has 0 saturated heterocycles. The first-order valence-corrected chi connectivity index (χ1v) is 6.54. The van der Waals surface area contributed by atoms with Crippen molar-refractivity contribution in [2.24, 2.45) is 0 Å². The van der Waals surface area contributed by atoms with Crippen LogP contribution >= 0.6 is 0 Å². The average molecular weight is 269 g/mol. The van der Waals surface area contributed by atoms with E-state index in [0.29, 0.717) is 13.0 Å². The lowest BCUT2D eigenvalue weighted by atomic mass is 9.98. The maximum Gasteiger partial charge on any atom is 0.123 e. The minimum absolute atomic E-state index is 0.278. The molecule has 0 N–H and O–H groups in total. The van der Waals surface area contributed by atoms with Gasteiger partial charge in [0.2, 0.25) is 0 Å². The highest BCUT2D eigenvalue weighted by molar-refractivity contribution is 5.31. The molecule has 0 heterocycles. The van der Waals surface area contributed by atoms with Crippen LogP contribution in [0.5, 0.6) is 5.75 Å². The van der Waals surface area contributed by atoms with E-state index in [0.717, 1.165) is 16.9 Å². The molecule has 0 aliphatic rings. The number of nitriles is 1. The zero-order chi connectivity index (χ0) is 14.4. The van der Waals surface area contributed by atoms with Crippen molar-refractivity contribution in [2.45, 2.75) is 19.3 Å². The highest BCUT2D eigenvalue weighted by atomic mass is 19.1.